The largest absolute Gasteiger partial charge is 0.496 e. The van der Waals surface area contributed by atoms with E-state index in [9.17, 15) is 5.11 Å². The van der Waals surface area contributed by atoms with Crippen molar-refractivity contribution in [3.63, 3.8) is 0 Å². The molecule has 0 heterocycles. The third-order valence-electron chi connectivity index (χ3n) is 2.10. The topological polar surface area (TPSA) is 55.5 Å². The first-order valence-electron chi connectivity index (χ1n) is 4.33. The molecule has 0 amide bonds. The lowest BCUT2D eigenvalue weighted by molar-refractivity contribution is 0.182. The number of benzene rings is 1. The summed E-state index contributed by atoms with van der Waals surface area (Å²) in [5.41, 5.74) is 6.88. The minimum atomic E-state index is -0.780. The van der Waals surface area contributed by atoms with Crippen LogP contribution < -0.4 is 10.5 Å². The summed E-state index contributed by atoms with van der Waals surface area (Å²) in [7, 11) is 1.55. The highest BCUT2D eigenvalue weighted by atomic mass is 35.5. The lowest BCUT2D eigenvalue weighted by Crippen LogP contribution is -2.13. The van der Waals surface area contributed by atoms with E-state index in [4.69, 9.17) is 22.1 Å². The maximum absolute atomic E-state index is 9.66. The average molecular weight is 216 g/mol. The Morgan fingerprint density at radius 1 is 1.57 bits per heavy atom. The molecule has 0 fully saturated rings. The molecule has 0 aromatic heterocycles. The minimum absolute atomic E-state index is 0.125. The second-order valence-electron chi connectivity index (χ2n) is 3.06. The predicted molar refractivity (Wildman–Crippen MR) is 56.8 cm³/mol. The van der Waals surface area contributed by atoms with E-state index in [0.717, 1.165) is 5.56 Å². The van der Waals surface area contributed by atoms with Gasteiger partial charge in [-0.05, 0) is 18.6 Å². The summed E-state index contributed by atoms with van der Waals surface area (Å²) >= 11 is 5.96. The number of aliphatic hydroxyl groups excluding tert-OH is 1. The van der Waals surface area contributed by atoms with Gasteiger partial charge in [0.1, 0.15) is 5.75 Å². The van der Waals surface area contributed by atoms with Gasteiger partial charge in [-0.1, -0.05) is 17.7 Å². The van der Waals surface area contributed by atoms with Crippen molar-refractivity contribution in [2.24, 2.45) is 5.73 Å². The Morgan fingerprint density at radius 2 is 2.21 bits per heavy atom. The molecule has 0 saturated heterocycles. The molecule has 78 valence electrons. The van der Waals surface area contributed by atoms with E-state index in [1.807, 2.05) is 13.0 Å². The fourth-order valence-corrected chi connectivity index (χ4v) is 1.66. The number of halogens is 1. The number of hydrogen-bond acceptors (Lipinski definition) is 3. The van der Waals surface area contributed by atoms with E-state index in [2.05, 4.69) is 0 Å². The molecular weight excluding hydrogens is 202 g/mol. The zero-order chi connectivity index (χ0) is 10.7. The van der Waals surface area contributed by atoms with Crippen LogP contribution in [0.4, 0.5) is 0 Å². The van der Waals surface area contributed by atoms with E-state index in [1.165, 1.54) is 0 Å². The van der Waals surface area contributed by atoms with E-state index in [1.54, 1.807) is 13.2 Å². The highest BCUT2D eigenvalue weighted by Gasteiger charge is 2.17. The second-order valence-corrected chi connectivity index (χ2v) is 3.47. The summed E-state index contributed by atoms with van der Waals surface area (Å²) < 4.78 is 5.18. The van der Waals surface area contributed by atoms with Gasteiger partial charge in [-0.3, -0.25) is 0 Å². The third kappa shape index (κ3) is 2.00. The summed E-state index contributed by atoms with van der Waals surface area (Å²) in [6.45, 7) is 2.02. The number of rotatable bonds is 3. The van der Waals surface area contributed by atoms with Crippen molar-refractivity contribution in [2.75, 3.05) is 13.7 Å². The van der Waals surface area contributed by atoms with Crippen LogP contribution in [0.15, 0.2) is 12.1 Å². The summed E-state index contributed by atoms with van der Waals surface area (Å²) in [6.07, 6.45) is -0.780. The Labute approximate surface area is 88.4 Å². The number of ether oxygens (including phenoxy) is 1. The predicted octanol–water partition coefficient (Wildman–Crippen LogP) is 1.65. The molecule has 0 aliphatic heterocycles. The van der Waals surface area contributed by atoms with Crippen molar-refractivity contribution in [3.05, 3.63) is 28.3 Å². The molecule has 0 bridgehead atoms. The lowest BCUT2D eigenvalue weighted by Gasteiger charge is -2.16. The van der Waals surface area contributed by atoms with Crippen molar-refractivity contribution in [1.29, 1.82) is 0 Å². The van der Waals surface area contributed by atoms with Gasteiger partial charge < -0.3 is 15.6 Å². The third-order valence-corrected chi connectivity index (χ3v) is 2.43. The highest BCUT2D eigenvalue weighted by Crippen LogP contribution is 2.34. The molecule has 0 radical (unpaired) electrons. The van der Waals surface area contributed by atoms with E-state index in [-0.39, 0.29) is 6.54 Å². The Balaban J connectivity index is 3.29. The molecule has 1 aromatic carbocycles. The van der Waals surface area contributed by atoms with Gasteiger partial charge in [0.2, 0.25) is 0 Å². The molecule has 1 unspecified atom stereocenters. The molecule has 0 spiro atoms. The Bertz CT molecular complexity index is 328. The molecule has 0 aliphatic carbocycles. The maximum Gasteiger partial charge on any atom is 0.129 e. The van der Waals surface area contributed by atoms with Gasteiger partial charge >= 0.3 is 0 Å². The SMILES string of the molecule is COc1c(C)ccc(Cl)c1C(O)CN. The number of hydrogen-bond donors (Lipinski definition) is 2. The van der Waals surface area contributed by atoms with Crippen LogP contribution >= 0.6 is 11.6 Å². The molecular formula is C10H14ClNO2. The van der Waals surface area contributed by atoms with Crippen LogP contribution in [-0.2, 0) is 0 Å². The van der Waals surface area contributed by atoms with Crippen LogP contribution in [0, 0.1) is 6.92 Å². The lowest BCUT2D eigenvalue weighted by atomic mass is 10.0. The first-order valence-corrected chi connectivity index (χ1v) is 4.70. The van der Waals surface area contributed by atoms with Crippen LogP contribution in [0.2, 0.25) is 5.02 Å². The van der Waals surface area contributed by atoms with Crippen LogP contribution in [0.3, 0.4) is 0 Å². The van der Waals surface area contributed by atoms with Gasteiger partial charge in [0, 0.05) is 12.1 Å². The molecule has 1 rings (SSSR count). The first-order chi connectivity index (χ1) is 6.61. The quantitative estimate of drug-likeness (QED) is 0.806. The van der Waals surface area contributed by atoms with Crippen molar-refractivity contribution >= 4 is 11.6 Å². The molecule has 3 N–H and O–H groups in total. The number of methoxy groups -OCH3 is 1. The molecule has 1 aromatic rings. The molecule has 1 atom stereocenters. The normalized spacial score (nSPS) is 12.6. The van der Waals surface area contributed by atoms with Crippen molar-refractivity contribution in [2.45, 2.75) is 13.0 Å². The summed E-state index contributed by atoms with van der Waals surface area (Å²) in [5.74, 6) is 0.607. The molecule has 0 saturated carbocycles. The molecule has 0 aliphatic rings. The van der Waals surface area contributed by atoms with Gasteiger partial charge in [0.25, 0.3) is 0 Å². The summed E-state index contributed by atoms with van der Waals surface area (Å²) in [5, 5.41) is 10.1. The maximum atomic E-state index is 9.66. The summed E-state index contributed by atoms with van der Waals surface area (Å²) in [4.78, 5) is 0. The first kappa shape index (κ1) is 11.3. The molecule has 3 nitrogen and oxygen atoms in total. The molecule has 14 heavy (non-hydrogen) atoms. The van der Waals surface area contributed by atoms with Crippen molar-refractivity contribution < 1.29 is 9.84 Å². The fraction of sp³-hybridized carbons (Fsp3) is 0.400. The smallest absolute Gasteiger partial charge is 0.129 e. The zero-order valence-corrected chi connectivity index (χ0v) is 9.01. The van der Waals surface area contributed by atoms with Crippen LogP contribution in [-0.4, -0.2) is 18.8 Å². The number of nitrogens with two attached hydrogens (primary N) is 1. The van der Waals surface area contributed by atoms with Crippen molar-refractivity contribution in [3.8, 4) is 5.75 Å². The van der Waals surface area contributed by atoms with Gasteiger partial charge in [0.15, 0.2) is 0 Å². The Hall–Kier alpha value is -0.770. The zero-order valence-electron chi connectivity index (χ0n) is 8.25. The van der Waals surface area contributed by atoms with Crippen LogP contribution in [0.5, 0.6) is 5.75 Å². The minimum Gasteiger partial charge on any atom is -0.496 e. The van der Waals surface area contributed by atoms with E-state index >= 15 is 0 Å². The van der Waals surface area contributed by atoms with Crippen molar-refractivity contribution in [1.82, 2.24) is 0 Å². The van der Waals surface area contributed by atoms with E-state index in [0.29, 0.717) is 16.3 Å². The van der Waals surface area contributed by atoms with Gasteiger partial charge in [-0.2, -0.15) is 0 Å². The van der Waals surface area contributed by atoms with E-state index < -0.39 is 6.10 Å². The van der Waals surface area contributed by atoms with Gasteiger partial charge in [-0.25, -0.2) is 0 Å². The Kier molecular flexibility index (Phi) is 3.75. The Morgan fingerprint density at radius 3 is 2.71 bits per heavy atom. The molecule has 4 heteroatoms. The second kappa shape index (κ2) is 4.64. The van der Waals surface area contributed by atoms with Crippen LogP contribution in [0.25, 0.3) is 0 Å². The standard InChI is InChI=1S/C10H14ClNO2/c1-6-3-4-7(11)9(8(13)5-12)10(6)14-2/h3-4,8,13H,5,12H2,1-2H3. The number of aryl methyl sites for hydroxylation is 1. The fourth-order valence-electron chi connectivity index (χ4n) is 1.38. The van der Waals surface area contributed by atoms with Gasteiger partial charge in [0.05, 0.1) is 18.2 Å². The highest BCUT2D eigenvalue weighted by molar-refractivity contribution is 6.31. The average Bonchev–Trinajstić information content (AvgIpc) is 2.19. The van der Waals surface area contributed by atoms with Crippen LogP contribution in [0.1, 0.15) is 17.2 Å². The number of aliphatic hydroxyl groups is 1. The monoisotopic (exact) mass is 215 g/mol. The summed E-state index contributed by atoms with van der Waals surface area (Å²) in [6, 6.07) is 3.57. The van der Waals surface area contributed by atoms with Gasteiger partial charge in [-0.15, -0.1) is 0 Å².